The Morgan fingerprint density at radius 1 is 1.03 bits per heavy atom. The molecule has 3 rings (SSSR count). The summed E-state index contributed by atoms with van der Waals surface area (Å²) in [5.41, 5.74) is -1.56. The van der Waals surface area contributed by atoms with Gasteiger partial charge in [0.2, 0.25) is 0 Å². The second kappa shape index (κ2) is 9.33. The van der Waals surface area contributed by atoms with Crippen molar-refractivity contribution in [2.45, 2.75) is 51.5 Å². The Bertz CT molecular complexity index is 1140. The van der Waals surface area contributed by atoms with Crippen LogP contribution in [-0.4, -0.2) is 24.4 Å². The number of carbonyl (C=O) groups excluding carboxylic acids is 1. The molecule has 0 spiro atoms. The molecule has 170 valence electrons. The first-order valence-electron chi connectivity index (χ1n) is 10.6. The Morgan fingerprint density at radius 2 is 1.62 bits per heavy atom. The van der Waals surface area contributed by atoms with E-state index in [0.717, 1.165) is 27.1 Å². The zero-order chi connectivity index (χ0) is 23.5. The number of alkyl halides is 3. The van der Waals surface area contributed by atoms with Gasteiger partial charge in [-0.05, 0) is 53.4 Å². The van der Waals surface area contributed by atoms with Crippen LogP contribution in [0.25, 0.3) is 21.5 Å². The summed E-state index contributed by atoms with van der Waals surface area (Å²) in [5, 5.41) is 4.49. The van der Waals surface area contributed by atoms with Gasteiger partial charge >= 0.3 is 12.1 Å². The van der Waals surface area contributed by atoms with Crippen molar-refractivity contribution < 1.29 is 27.4 Å². The van der Waals surface area contributed by atoms with Crippen LogP contribution in [0, 0.1) is 0 Å². The summed E-state index contributed by atoms with van der Waals surface area (Å²) in [5.74, 6) is -1.45. The van der Waals surface area contributed by atoms with E-state index in [1.165, 1.54) is 0 Å². The maximum absolute atomic E-state index is 12.7. The second-order valence-corrected chi connectivity index (χ2v) is 8.16. The molecule has 0 saturated carbocycles. The van der Waals surface area contributed by atoms with E-state index in [1.807, 2.05) is 31.2 Å². The van der Waals surface area contributed by atoms with Crippen molar-refractivity contribution in [1.82, 2.24) is 0 Å². The van der Waals surface area contributed by atoms with Crippen molar-refractivity contribution in [2.24, 2.45) is 0 Å². The quantitative estimate of drug-likeness (QED) is 0.208. The smallest absolute Gasteiger partial charge is 0.422 e. The van der Waals surface area contributed by atoms with Crippen LogP contribution < -0.4 is 0 Å². The highest BCUT2D eigenvalue weighted by Gasteiger charge is 2.40. The predicted octanol–water partition coefficient (Wildman–Crippen LogP) is 7.29. The third-order valence-corrected chi connectivity index (χ3v) is 5.91. The normalized spacial score (nSPS) is 14.8. The minimum absolute atomic E-state index is 0.221. The molecule has 0 fully saturated rings. The highest BCUT2D eigenvalue weighted by molar-refractivity contribution is 6.09. The van der Waals surface area contributed by atoms with Crippen molar-refractivity contribution in [2.75, 3.05) is 6.61 Å². The zero-order valence-electron chi connectivity index (χ0n) is 18.5. The molecule has 3 aromatic rings. The van der Waals surface area contributed by atoms with Gasteiger partial charge in [-0.25, -0.2) is 4.79 Å². The van der Waals surface area contributed by atoms with Crippen LogP contribution in [0.5, 0.6) is 0 Å². The number of benzene rings is 3. The molecule has 0 aliphatic carbocycles. The van der Waals surface area contributed by atoms with Crippen LogP contribution in [-0.2, 0) is 14.3 Å². The van der Waals surface area contributed by atoms with Crippen molar-refractivity contribution >= 4 is 27.5 Å². The molecule has 0 aliphatic heterocycles. The summed E-state index contributed by atoms with van der Waals surface area (Å²) in [6, 6.07) is 18.4. The molecule has 3 aromatic carbocycles. The van der Waals surface area contributed by atoms with Gasteiger partial charge in [-0.3, -0.25) is 0 Å². The molecule has 2 unspecified atom stereocenters. The Morgan fingerprint density at radius 3 is 2.25 bits per heavy atom. The molecule has 32 heavy (non-hydrogen) atoms. The van der Waals surface area contributed by atoms with Crippen LogP contribution in [0.4, 0.5) is 13.2 Å². The highest BCUT2D eigenvalue weighted by atomic mass is 19.4. The minimum atomic E-state index is -4.81. The Hall–Kier alpha value is -2.86. The zero-order valence-corrected chi connectivity index (χ0v) is 18.5. The molecule has 0 radical (unpaired) electrons. The molecule has 2 atom stereocenters. The van der Waals surface area contributed by atoms with Crippen LogP contribution in [0.15, 0.2) is 66.7 Å². The van der Waals surface area contributed by atoms with Crippen LogP contribution >= 0.6 is 0 Å². The topological polar surface area (TPSA) is 35.5 Å². The van der Waals surface area contributed by atoms with Gasteiger partial charge in [0.15, 0.2) is 0 Å². The lowest BCUT2D eigenvalue weighted by atomic mass is 9.95. The largest absolute Gasteiger partial charge is 0.456 e. The van der Waals surface area contributed by atoms with E-state index in [2.05, 4.69) is 36.9 Å². The lowest BCUT2D eigenvalue weighted by Gasteiger charge is -2.29. The molecule has 3 nitrogen and oxygen atoms in total. The number of ether oxygens (including phenoxy) is 2. The average Bonchev–Trinajstić information content (AvgIpc) is 2.77. The van der Waals surface area contributed by atoms with Crippen LogP contribution in [0.2, 0.25) is 0 Å². The van der Waals surface area contributed by atoms with Gasteiger partial charge in [-0.1, -0.05) is 62.0 Å². The fraction of sp³-hybridized carbons (Fsp3) is 0.346. The standard InChI is InChI=1S/C26H27F3O3/c1-5-25(4,32-24(30)17(2)26(27,28)29)14-15-31-18(3)23-16-19-10-6-7-11-20(19)21-12-8-9-13-22(21)23/h6-13,16,18H,2,5,14-15H2,1,3-4H3. The maximum atomic E-state index is 12.7. The molecular formula is C26H27F3O3. The molecule has 0 aliphatic rings. The molecule has 0 saturated heterocycles. The van der Waals surface area contributed by atoms with E-state index in [-0.39, 0.29) is 19.1 Å². The summed E-state index contributed by atoms with van der Waals surface area (Å²) < 4.78 is 49.4. The number of carbonyl (C=O) groups is 1. The van der Waals surface area contributed by atoms with Crippen molar-refractivity contribution in [3.05, 3.63) is 72.3 Å². The fourth-order valence-electron chi connectivity index (χ4n) is 3.66. The van der Waals surface area contributed by atoms with Gasteiger partial charge in [0, 0.05) is 6.42 Å². The molecular weight excluding hydrogens is 417 g/mol. The summed E-state index contributed by atoms with van der Waals surface area (Å²) in [6.45, 7) is 8.34. The number of esters is 1. The van der Waals surface area contributed by atoms with Gasteiger partial charge in [-0.2, -0.15) is 13.2 Å². The molecule has 6 heteroatoms. The number of fused-ring (bicyclic) bond motifs is 3. The summed E-state index contributed by atoms with van der Waals surface area (Å²) >= 11 is 0. The number of rotatable bonds is 8. The van der Waals surface area contributed by atoms with Crippen molar-refractivity contribution in [1.29, 1.82) is 0 Å². The van der Waals surface area contributed by atoms with Gasteiger partial charge < -0.3 is 9.47 Å². The molecule has 0 N–H and O–H groups in total. The van der Waals surface area contributed by atoms with E-state index < -0.39 is 23.3 Å². The minimum Gasteiger partial charge on any atom is -0.456 e. The van der Waals surface area contributed by atoms with E-state index >= 15 is 0 Å². The number of hydrogen-bond acceptors (Lipinski definition) is 3. The monoisotopic (exact) mass is 444 g/mol. The van der Waals surface area contributed by atoms with Crippen molar-refractivity contribution in [3.8, 4) is 0 Å². The van der Waals surface area contributed by atoms with Gasteiger partial charge in [-0.15, -0.1) is 0 Å². The number of hydrogen-bond donors (Lipinski definition) is 0. The average molecular weight is 444 g/mol. The van der Waals surface area contributed by atoms with Crippen LogP contribution in [0.3, 0.4) is 0 Å². The lowest BCUT2D eigenvalue weighted by Crippen LogP contribution is -2.35. The van der Waals surface area contributed by atoms with E-state index in [1.54, 1.807) is 13.8 Å². The fourth-order valence-corrected chi connectivity index (χ4v) is 3.66. The van der Waals surface area contributed by atoms with E-state index in [9.17, 15) is 18.0 Å². The number of halogens is 3. The first kappa shape index (κ1) is 23.8. The summed E-state index contributed by atoms with van der Waals surface area (Å²) in [7, 11) is 0. The van der Waals surface area contributed by atoms with Crippen molar-refractivity contribution in [3.63, 3.8) is 0 Å². The van der Waals surface area contributed by atoms with Gasteiger partial charge in [0.1, 0.15) is 11.2 Å². The maximum Gasteiger partial charge on any atom is 0.422 e. The third-order valence-electron chi connectivity index (χ3n) is 5.91. The second-order valence-electron chi connectivity index (χ2n) is 8.16. The van der Waals surface area contributed by atoms with Crippen LogP contribution in [0.1, 0.15) is 45.3 Å². The Labute approximate surface area is 185 Å². The third kappa shape index (κ3) is 5.13. The molecule has 0 bridgehead atoms. The van der Waals surface area contributed by atoms with E-state index in [0.29, 0.717) is 6.42 Å². The van der Waals surface area contributed by atoms with E-state index in [4.69, 9.17) is 9.47 Å². The first-order valence-corrected chi connectivity index (χ1v) is 10.6. The Kier molecular flexibility index (Phi) is 6.94. The summed E-state index contributed by atoms with van der Waals surface area (Å²) in [6.07, 6.45) is -4.46. The predicted molar refractivity (Wildman–Crippen MR) is 120 cm³/mol. The first-order chi connectivity index (χ1) is 15.1. The lowest BCUT2D eigenvalue weighted by molar-refractivity contribution is -0.165. The van der Waals surface area contributed by atoms with Gasteiger partial charge in [0.25, 0.3) is 0 Å². The Balaban J connectivity index is 1.73. The SMILES string of the molecule is C=C(C(=O)OC(C)(CC)CCOC(C)c1cc2ccccc2c2ccccc12)C(F)(F)F. The summed E-state index contributed by atoms with van der Waals surface area (Å²) in [4.78, 5) is 11.9. The molecule has 0 amide bonds. The molecule has 0 aromatic heterocycles. The highest BCUT2D eigenvalue weighted by Crippen LogP contribution is 2.34. The molecule has 0 heterocycles. The van der Waals surface area contributed by atoms with Gasteiger partial charge in [0.05, 0.1) is 12.7 Å².